The smallest absolute Gasteiger partial charge is 0.303 e. The maximum Gasteiger partial charge on any atom is 0.303 e. The van der Waals surface area contributed by atoms with Crippen LogP contribution in [0.2, 0.25) is 0 Å². The van der Waals surface area contributed by atoms with E-state index < -0.39 is 40.7 Å². The van der Waals surface area contributed by atoms with Gasteiger partial charge in [0.1, 0.15) is 5.69 Å². The van der Waals surface area contributed by atoms with E-state index in [4.69, 9.17) is 5.11 Å². The lowest BCUT2D eigenvalue weighted by molar-refractivity contribution is -0.137. The van der Waals surface area contributed by atoms with E-state index in [1.807, 2.05) is 0 Å². The summed E-state index contributed by atoms with van der Waals surface area (Å²) in [5.74, 6) is -11.4. The Labute approximate surface area is 110 Å². The van der Waals surface area contributed by atoms with Gasteiger partial charge in [-0.2, -0.15) is 0 Å². The van der Waals surface area contributed by atoms with Gasteiger partial charge in [0.2, 0.25) is 5.82 Å². The molecule has 0 saturated carbocycles. The van der Waals surface area contributed by atoms with E-state index in [1.54, 1.807) is 0 Å². The van der Waals surface area contributed by atoms with Gasteiger partial charge in [-0.25, -0.2) is 22.0 Å². The summed E-state index contributed by atoms with van der Waals surface area (Å²) in [6.45, 7) is -0.0268. The second-order valence-electron chi connectivity index (χ2n) is 4.62. The Balaban J connectivity index is 2.33. The van der Waals surface area contributed by atoms with Crippen molar-refractivity contribution in [3.8, 4) is 0 Å². The zero-order valence-corrected chi connectivity index (χ0v) is 10.1. The van der Waals surface area contributed by atoms with Crippen molar-refractivity contribution >= 4 is 11.7 Å². The van der Waals surface area contributed by atoms with E-state index in [2.05, 4.69) is 0 Å². The lowest BCUT2D eigenvalue weighted by Crippen LogP contribution is -2.24. The van der Waals surface area contributed by atoms with Crippen molar-refractivity contribution in [2.75, 3.05) is 18.0 Å². The number of hydrogen-bond acceptors (Lipinski definition) is 2. The second-order valence-corrected chi connectivity index (χ2v) is 4.62. The number of hydrogen-bond donors (Lipinski definition) is 1. The fraction of sp³-hybridized carbons (Fsp3) is 0.417. The van der Waals surface area contributed by atoms with Crippen LogP contribution in [-0.2, 0) is 4.79 Å². The highest BCUT2D eigenvalue weighted by Crippen LogP contribution is 2.34. The summed E-state index contributed by atoms with van der Waals surface area (Å²) in [4.78, 5) is 11.5. The van der Waals surface area contributed by atoms with Crippen LogP contribution in [0, 0.1) is 35.0 Å². The van der Waals surface area contributed by atoms with Gasteiger partial charge in [0.25, 0.3) is 0 Å². The Morgan fingerprint density at radius 1 is 1.05 bits per heavy atom. The van der Waals surface area contributed by atoms with E-state index >= 15 is 0 Å². The summed E-state index contributed by atoms with van der Waals surface area (Å²) in [5.41, 5.74) is -0.991. The molecule has 1 atom stereocenters. The largest absolute Gasteiger partial charge is 0.481 e. The number of rotatable bonds is 3. The molecule has 110 valence electrons. The number of carboxylic acids is 1. The predicted octanol–water partition coefficient (Wildman–Crippen LogP) is 2.68. The van der Waals surface area contributed by atoms with E-state index in [0.717, 1.165) is 4.90 Å². The van der Waals surface area contributed by atoms with Crippen molar-refractivity contribution in [3.63, 3.8) is 0 Å². The topological polar surface area (TPSA) is 40.5 Å². The normalized spacial score (nSPS) is 18.6. The number of halogens is 5. The molecule has 0 radical (unpaired) electrons. The zero-order chi connectivity index (χ0) is 15.0. The molecular formula is C12H10F5NO2. The van der Waals surface area contributed by atoms with Crippen LogP contribution >= 0.6 is 0 Å². The van der Waals surface area contributed by atoms with Gasteiger partial charge in [-0.3, -0.25) is 4.79 Å². The van der Waals surface area contributed by atoms with Gasteiger partial charge in [-0.05, 0) is 12.3 Å². The van der Waals surface area contributed by atoms with Crippen molar-refractivity contribution in [2.45, 2.75) is 12.8 Å². The maximum absolute atomic E-state index is 13.6. The van der Waals surface area contributed by atoms with Crippen LogP contribution in [0.3, 0.4) is 0 Å². The van der Waals surface area contributed by atoms with Crippen molar-refractivity contribution < 1.29 is 31.9 Å². The lowest BCUT2D eigenvalue weighted by Gasteiger charge is -2.20. The van der Waals surface area contributed by atoms with Gasteiger partial charge in [0.15, 0.2) is 23.3 Å². The Kier molecular flexibility index (Phi) is 3.82. The van der Waals surface area contributed by atoms with Crippen LogP contribution < -0.4 is 4.90 Å². The standard InChI is InChI=1S/C12H10F5NO2/c13-7-8(14)10(16)12(11(17)9(7)15)18-2-1-5(4-18)3-6(19)20/h5H,1-4H2,(H,19,20). The number of benzene rings is 1. The summed E-state index contributed by atoms with van der Waals surface area (Å²) in [6.07, 6.45) is 0.0949. The van der Waals surface area contributed by atoms with Crippen molar-refractivity contribution in [1.29, 1.82) is 0 Å². The fourth-order valence-electron chi connectivity index (χ4n) is 2.32. The molecule has 1 aromatic carbocycles. The molecule has 0 bridgehead atoms. The highest BCUT2D eigenvalue weighted by molar-refractivity contribution is 5.67. The molecule has 1 saturated heterocycles. The van der Waals surface area contributed by atoms with E-state index in [9.17, 15) is 26.7 Å². The zero-order valence-electron chi connectivity index (χ0n) is 10.1. The first-order chi connectivity index (χ1) is 9.32. The summed E-state index contributed by atoms with van der Waals surface area (Å²) >= 11 is 0. The van der Waals surface area contributed by atoms with E-state index in [-0.39, 0.29) is 25.4 Å². The first-order valence-electron chi connectivity index (χ1n) is 5.81. The molecule has 1 fully saturated rings. The monoisotopic (exact) mass is 295 g/mol. The van der Waals surface area contributed by atoms with Crippen molar-refractivity contribution in [3.05, 3.63) is 29.1 Å². The van der Waals surface area contributed by atoms with Crippen LogP contribution in [0.15, 0.2) is 0 Å². The van der Waals surface area contributed by atoms with Crippen LogP contribution in [0.1, 0.15) is 12.8 Å². The molecule has 0 aliphatic carbocycles. The van der Waals surface area contributed by atoms with E-state index in [1.165, 1.54) is 0 Å². The minimum atomic E-state index is -2.20. The number of aliphatic carboxylic acids is 1. The molecule has 1 heterocycles. The molecule has 2 rings (SSSR count). The Morgan fingerprint density at radius 2 is 1.55 bits per heavy atom. The van der Waals surface area contributed by atoms with Gasteiger partial charge in [-0.15, -0.1) is 0 Å². The summed E-state index contributed by atoms with van der Waals surface area (Å²) < 4.78 is 66.2. The molecule has 1 unspecified atom stereocenters. The van der Waals surface area contributed by atoms with Gasteiger partial charge >= 0.3 is 5.97 Å². The third kappa shape index (κ3) is 2.41. The summed E-state index contributed by atoms with van der Waals surface area (Å²) in [6, 6.07) is 0. The number of nitrogens with zero attached hydrogens (tertiary/aromatic N) is 1. The van der Waals surface area contributed by atoms with Crippen LogP contribution in [0.5, 0.6) is 0 Å². The van der Waals surface area contributed by atoms with E-state index in [0.29, 0.717) is 6.42 Å². The minimum Gasteiger partial charge on any atom is -0.481 e. The van der Waals surface area contributed by atoms with Gasteiger partial charge in [0.05, 0.1) is 0 Å². The molecule has 0 aromatic heterocycles. The van der Waals surface area contributed by atoms with Gasteiger partial charge in [0, 0.05) is 19.5 Å². The first kappa shape index (κ1) is 14.5. The Hall–Kier alpha value is -1.86. The maximum atomic E-state index is 13.6. The van der Waals surface area contributed by atoms with Gasteiger partial charge < -0.3 is 10.0 Å². The Bertz CT molecular complexity index is 534. The number of carbonyl (C=O) groups is 1. The highest BCUT2D eigenvalue weighted by Gasteiger charge is 2.33. The molecule has 1 N–H and O–H groups in total. The van der Waals surface area contributed by atoms with Gasteiger partial charge in [-0.1, -0.05) is 0 Å². The molecule has 1 aliphatic rings. The summed E-state index contributed by atoms with van der Waals surface area (Å²) in [5, 5.41) is 8.63. The SMILES string of the molecule is O=C(O)CC1CCN(c2c(F)c(F)c(F)c(F)c2F)C1. The molecular weight excluding hydrogens is 285 g/mol. The molecule has 20 heavy (non-hydrogen) atoms. The molecule has 1 aliphatic heterocycles. The van der Waals surface area contributed by atoms with Crippen LogP contribution in [0.25, 0.3) is 0 Å². The first-order valence-corrected chi connectivity index (χ1v) is 5.81. The van der Waals surface area contributed by atoms with Crippen molar-refractivity contribution in [2.24, 2.45) is 5.92 Å². The fourth-order valence-corrected chi connectivity index (χ4v) is 2.32. The lowest BCUT2D eigenvalue weighted by atomic mass is 10.1. The average Bonchev–Trinajstić information content (AvgIpc) is 2.81. The second kappa shape index (κ2) is 5.26. The molecule has 3 nitrogen and oxygen atoms in total. The predicted molar refractivity (Wildman–Crippen MR) is 58.8 cm³/mol. The molecule has 1 aromatic rings. The average molecular weight is 295 g/mol. The molecule has 0 amide bonds. The number of anilines is 1. The third-order valence-electron chi connectivity index (χ3n) is 3.25. The van der Waals surface area contributed by atoms with Crippen LogP contribution in [0.4, 0.5) is 27.6 Å². The molecule has 8 heteroatoms. The van der Waals surface area contributed by atoms with Crippen molar-refractivity contribution in [1.82, 2.24) is 0 Å². The number of carboxylic acid groups (broad SMARTS) is 1. The minimum absolute atomic E-state index is 0.0380. The highest BCUT2D eigenvalue weighted by atomic mass is 19.2. The third-order valence-corrected chi connectivity index (χ3v) is 3.25. The Morgan fingerprint density at radius 3 is 2.05 bits per heavy atom. The van der Waals surface area contributed by atoms with Crippen LogP contribution in [-0.4, -0.2) is 24.2 Å². The molecule has 0 spiro atoms. The summed E-state index contributed by atoms with van der Waals surface area (Å²) in [7, 11) is 0. The quantitative estimate of drug-likeness (QED) is 0.529.